The highest BCUT2D eigenvalue weighted by Gasteiger charge is 2.20. The average Bonchev–Trinajstić information content (AvgIpc) is 2.30. The summed E-state index contributed by atoms with van der Waals surface area (Å²) < 4.78 is 27.9. The van der Waals surface area contributed by atoms with E-state index < -0.39 is 16.1 Å². The van der Waals surface area contributed by atoms with Gasteiger partial charge in [0.15, 0.2) is 0 Å². The molecule has 1 aromatic carbocycles. The summed E-state index contributed by atoms with van der Waals surface area (Å²) >= 11 is 0. The molecule has 17 heavy (non-hydrogen) atoms. The van der Waals surface area contributed by atoms with E-state index in [1.165, 1.54) is 19.1 Å². The van der Waals surface area contributed by atoms with Crippen LogP contribution >= 0.6 is 0 Å². The summed E-state index contributed by atoms with van der Waals surface area (Å²) in [5, 5.41) is 0. The highest BCUT2D eigenvalue weighted by Crippen LogP contribution is 2.13. The molecule has 0 amide bonds. The Morgan fingerprint density at radius 1 is 1.29 bits per heavy atom. The van der Waals surface area contributed by atoms with E-state index in [4.69, 9.17) is 0 Å². The minimum atomic E-state index is -4.01. The summed E-state index contributed by atoms with van der Waals surface area (Å²) in [7, 11) is -4.01. The number of benzene rings is 1. The number of hydrogen-bond donors (Lipinski definition) is 0. The lowest BCUT2D eigenvalue weighted by molar-refractivity contribution is -0.129. The van der Waals surface area contributed by atoms with Gasteiger partial charge in [-0.05, 0) is 25.5 Å². The van der Waals surface area contributed by atoms with Gasteiger partial charge in [0.2, 0.25) is 0 Å². The fourth-order valence-corrected chi connectivity index (χ4v) is 2.11. The van der Waals surface area contributed by atoms with E-state index in [0.29, 0.717) is 6.42 Å². The standard InChI is InChI=1S/C12H14O4S/c1-3-7-10(2)12(13)16-17(14,15)11-8-5-4-6-9-11/h4-9H,3H2,1-2H3. The molecular weight excluding hydrogens is 240 g/mol. The second-order valence-electron chi connectivity index (χ2n) is 3.43. The van der Waals surface area contributed by atoms with Gasteiger partial charge in [-0.25, -0.2) is 4.79 Å². The van der Waals surface area contributed by atoms with Crippen molar-refractivity contribution < 1.29 is 17.4 Å². The van der Waals surface area contributed by atoms with Crippen molar-refractivity contribution in [2.75, 3.05) is 0 Å². The Hall–Kier alpha value is -1.62. The minimum absolute atomic E-state index is 0.0300. The van der Waals surface area contributed by atoms with Crippen LogP contribution in [0.3, 0.4) is 0 Å². The van der Waals surface area contributed by atoms with Gasteiger partial charge in [-0.1, -0.05) is 31.2 Å². The van der Waals surface area contributed by atoms with Gasteiger partial charge >= 0.3 is 16.1 Å². The number of carbonyl (C=O) groups excluding carboxylic acids is 1. The largest absolute Gasteiger partial charge is 0.349 e. The molecule has 92 valence electrons. The maximum absolute atomic E-state index is 11.7. The molecule has 0 saturated heterocycles. The van der Waals surface area contributed by atoms with Crippen molar-refractivity contribution in [2.24, 2.45) is 0 Å². The summed E-state index contributed by atoms with van der Waals surface area (Å²) in [6.07, 6.45) is 2.26. The van der Waals surface area contributed by atoms with Crippen molar-refractivity contribution in [3.8, 4) is 0 Å². The number of carbonyl (C=O) groups is 1. The third-order valence-electron chi connectivity index (χ3n) is 2.05. The van der Waals surface area contributed by atoms with Crippen molar-refractivity contribution >= 4 is 16.1 Å². The molecule has 0 aliphatic heterocycles. The first-order valence-electron chi connectivity index (χ1n) is 5.18. The van der Waals surface area contributed by atoms with Crippen molar-refractivity contribution in [1.82, 2.24) is 0 Å². The quantitative estimate of drug-likeness (QED) is 0.611. The lowest BCUT2D eigenvalue weighted by atomic mass is 10.2. The smallest absolute Gasteiger partial charge is 0.338 e. The fourth-order valence-electron chi connectivity index (χ4n) is 1.19. The van der Waals surface area contributed by atoms with Crippen molar-refractivity contribution in [1.29, 1.82) is 0 Å². The van der Waals surface area contributed by atoms with Crippen LogP contribution in [-0.4, -0.2) is 14.4 Å². The maximum Gasteiger partial charge on any atom is 0.349 e. The van der Waals surface area contributed by atoms with Gasteiger partial charge < -0.3 is 4.18 Å². The molecule has 0 saturated carbocycles. The first-order chi connectivity index (χ1) is 7.97. The zero-order valence-electron chi connectivity index (χ0n) is 9.71. The summed E-state index contributed by atoms with van der Waals surface area (Å²) in [4.78, 5) is 11.4. The van der Waals surface area contributed by atoms with E-state index in [-0.39, 0.29) is 10.5 Å². The van der Waals surface area contributed by atoms with Crippen LogP contribution < -0.4 is 0 Å². The molecule has 0 bridgehead atoms. The van der Waals surface area contributed by atoms with Gasteiger partial charge in [0.1, 0.15) is 4.90 Å². The van der Waals surface area contributed by atoms with Crippen molar-refractivity contribution in [3.05, 3.63) is 42.0 Å². The second kappa shape index (κ2) is 5.63. The average molecular weight is 254 g/mol. The van der Waals surface area contributed by atoms with Crippen LogP contribution in [0.4, 0.5) is 0 Å². The molecular formula is C12H14O4S. The molecule has 0 aromatic heterocycles. The summed E-state index contributed by atoms with van der Waals surface area (Å²) in [6.45, 7) is 3.37. The van der Waals surface area contributed by atoms with Crippen LogP contribution in [0, 0.1) is 0 Å². The van der Waals surface area contributed by atoms with Crippen LogP contribution in [-0.2, 0) is 19.1 Å². The third-order valence-corrected chi connectivity index (χ3v) is 3.27. The van der Waals surface area contributed by atoms with Crippen LogP contribution in [0.5, 0.6) is 0 Å². The Labute approximate surface area is 101 Å². The van der Waals surface area contributed by atoms with Crippen LogP contribution in [0.25, 0.3) is 0 Å². The van der Waals surface area contributed by atoms with Crippen molar-refractivity contribution in [3.63, 3.8) is 0 Å². The monoisotopic (exact) mass is 254 g/mol. The summed E-state index contributed by atoms with van der Waals surface area (Å²) in [5.74, 6) is -0.837. The molecule has 0 atom stereocenters. The topological polar surface area (TPSA) is 60.4 Å². The zero-order chi connectivity index (χ0) is 12.9. The van der Waals surface area contributed by atoms with Gasteiger partial charge in [-0.2, -0.15) is 8.42 Å². The van der Waals surface area contributed by atoms with E-state index in [1.54, 1.807) is 24.3 Å². The highest BCUT2D eigenvalue weighted by atomic mass is 32.2. The predicted molar refractivity (Wildman–Crippen MR) is 63.8 cm³/mol. The number of hydrogen-bond acceptors (Lipinski definition) is 4. The Morgan fingerprint density at radius 2 is 1.88 bits per heavy atom. The molecule has 0 aliphatic rings. The third kappa shape index (κ3) is 3.71. The molecule has 0 N–H and O–H groups in total. The lowest BCUT2D eigenvalue weighted by Gasteiger charge is -2.05. The van der Waals surface area contributed by atoms with Crippen LogP contribution in [0.2, 0.25) is 0 Å². The molecule has 0 radical (unpaired) electrons. The van der Waals surface area contributed by atoms with Gasteiger partial charge in [-0.3, -0.25) is 0 Å². The minimum Gasteiger partial charge on any atom is -0.338 e. The van der Waals surface area contributed by atoms with Gasteiger partial charge in [0.25, 0.3) is 0 Å². The summed E-state index contributed by atoms with van der Waals surface area (Å²) in [6, 6.07) is 7.57. The molecule has 4 nitrogen and oxygen atoms in total. The van der Waals surface area contributed by atoms with Crippen LogP contribution in [0.1, 0.15) is 20.3 Å². The van der Waals surface area contributed by atoms with E-state index in [9.17, 15) is 13.2 Å². The van der Waals surface area contributed by atoms with Gasteiger partial charge in [0.05, 0.1) is 0 Å². The van der Waals surface area contributed by atoms with Gasteiger partial charge in [0, 0.05) is 5.57 Å². The Balaban J connectivity index is 2.89. The maximum atomic E-state index is 11.7. The van der Waals surface area contributed by atoms with E-state index in [1.807, 2.05) is 6.92 Å². The predicted octanol–water partition coefficient (Wildman–Crippen LogP) is 2.27. The normalized spacial score (nSPS) is 12.2. The number of allylic oxidation sites excluding steroid dienone is 1. The first kappa shape index (κ1) is 13.4. The van der Waals surface area contributed by atoms with Crippen LogP contribution in [0.15, 0.2) is 46.9 Å². The van der Waals surface area contributed by atoms with E-state index in [0.717, 1.165) is 0 Å². The fraction of sp³-hybridized carbons (Fsp3) is 0.250. The SMILES string of the molecule is CCC=C(C)C(=O)OS(=O)(=O)c1ccccc1. The molecule has 5 heteroatoms. The Kier molecular flexibility index (Phi) is 4.45. The molecule has 0 spiro atoms. The molecule has 1 aromatic rings. The van der Waals surface area contributed by atoms with E-state index >= 15 is 0 Å². The molecule has 0 heterocycles. The van der Waals surface area contributed by atoms with E-state index in [2.05, 4.69) is 4.18 Å². The lowest BCUT2D eigenvalue weighted by Crippen LogP contribution is -2.14. The van der Waals surface area contributed by atoms with Gasteiger partial charge in [-0.15, -0.1) is 0 Å². The first-order valence-corrected chi connectivity index (χ1v) is 6.59. The Bertz CT molecular complexity index is 515. The second-order valence-corrected chi connectivity index (χ2v) is 4.98. The molecule has 1 rings (SSSR count). The summed E-state index contributed by atoms with van der Waals surface area (Å²) in [5.41, 5.74) is 0.284. The Morgan fingerprint density at radius 3 is 2.41 bits per heavy atom. The van der Waals surface area contributed by atoms with Crippen molar-refractivity contribution in [2.45, 2.75) is 25.2 Å². The number of rotatable bonds is 4. The molecule has 0 aliphatic carbocycles. The molecule has 0 unspecified atom stereocenters. The highest BCUT2D eigenvalue weighted by molar-refractivity contribution is 7.87. The molecule has 0 fully saturated rings. The zero-order valence-corrected chi connectivity index (χ0v) is 10.5.